The molecular weight excluding hydrogens is 244 g/mol. The lowest BCUT2D eigenvalue weighted by Gasteiger charge is -2.40. The number of carboxylic acid groups (broad SMARTS) is 1. The molecule has 108 valence electrons. The Kier molecular flexibility index (Phi) is 3.74. The number of likely N-dealkylation sites (tertiary alicyclic amines) is 2. The molecule has 0 radical (unpaired) electrons. The number of hydrogen-bond acceptors (Lipinski definition) is 2. The van der Waals surface area contributed by atoms with E-state index in [1.165, 1.54) is 0 Å². The van der Waals surface area contributed by atoms with E-state index < -0.39 is 5.97 Å². The Bertz CT molecular complexity index is 369. The molecular formula is C14H24N2O3. The highest BCUT2D eigenvalue weighted by Gasteiger charge is 2.39. The molecule has 2 amide bonds. The second-order valence-corrected chi connectivity index (χ2v) is 6.95. The van der Waals surface area contributed by atoms with Crippen LogP contribution in [0.4, 0.5) is 4.79 Å². The standard InChI is InChI=1S/C14H24N2O3/c1-14(2,3)11-4-5-15(9-11)13(19)16-7-10(8-16)6-12(17)18/h10-11H,4-9H2,1-3H3,(H,17,18). The molecule has 2 fully saturated rings. The molecule has 5 heteroatoms. The average molecular weight is 268 g/mol. The van der Waals surface area contributed by atoms with Gasteiger partial charge in [-0.3, -0.25) is 4.79 Å². The van der Waals surface area contributed by atoms with Gasteiger partial charge in [-0.2, -0.15) is 0 Å². The first-order chi connectivity index (χ1) is 8.77. The summed E-state index contributed by atoms with van der Waals surface area (Å²) in [6.45, 7) is 9.53. The van der Waals surface area contributed by atoms with E-state index in [1.807, 2.05) is 4.90 Å². The van der Waals surface area contributed by atoms with Gasteiger partial charge < -0.3 is 14.9 Å². The SMILES string of the molecule is CC(C)(C)C1CCN(C(=O)N2CC(CC(=O)O)C2)C1. The molecule has 5 nitrogen and oxygen atoms in total. The average Bonchev–Trinajstić information content (AvgIpc) is 2.70. The molecule has 1 unspecified atom stereocenters. The molecule has 0 aromatic heterocycles. The molecule has 0 spiro atoms. The van der Waals surface area contributed by atoms with Gasteiger partial charge in [0.25, 0.3) is 0 Å². The van der Waals surface area contributed by atoms with E-state index in [0.29, 0.717) is 19.0 Å². The molecule has 2 saturated heterocycles. The predicted molar refractivity (Wildman–Crippen MR) is 71.8 cm³/mol. The number of carboxylic acids is 1. The highest BCUT2D eigenvalue weighted by atomic mass is 16.4. The van der Waals surface area contributed by atoms with E-state index in [4.69, 9.17) is 5.11 Å². The van der Waals surface area contributed by atoms with Crippen molar-refractivity contribution in [3.8, 4) is 0 Å². The zero-order valence-corrected chi connectivity index (χ0v) is 12.1. The first-order valence-electron chi connectivity index (χ1n) is 7.03. The third-order valence-electron chi connectivity index (χ3n) is 4.37. The van der Waals surface area contributed by atoms with Crippen molar-refractivity contribution in [2.45, 2.75) is 33.6 Å². The Morgan fingerprint density at radius 3 is 2.26 bits per heavy atom. The third-order valence-corrected chi connectivity index (χ3v) is 4.37. The van der Waals surface area contributed by atoms with Crippen molar-refractivity contribution in [3.63, 3.8) is 0 Å². The smallest absolute Gasteiger partial charge is 0.320 e. The second kappa shape index (κ2) is 5.02. The summed E-state index contributed by atoms with van der Waals surface area (Å²) in [4.78, 5) is 26.5. The van der Waals surface area contributed by atoms with Crippen LogP contribution in [0.1, 0.15) is 33.6 Å². The zero-order chi connectivity index (χ0) is 14.2. The normalized spacial score (nSPS) is 24.5. The number of aliphatic carboxylic acids is 1. The maximum Gasteiger partial charge on any atom is 0.320 e. The molecule has 0 saturated carbocycles. The molecule has 2 aliphatic rings. The number of urea groups is 1. The summed E-state index contributed by atoms with van der Waals surface area (Å²) in [7, 11) is 0. The fourth-order valence-electron chi connectivity index (χ4n) is 2.94. The summed E-state index contributed by atoms with van der Waals surface area (Å²) in [5, 5.41) is 8.70. The van der Waals surface area contributed by atoms with E-state index in [9.17, 15) is 9.59 Å². The van der Waals surface area contributed by atoms with Gasteiger partial charge in [0.05, 0.1) is 6.42 Å². The predicted octanol–water partition coefficient (Wildman–Crippen LogP) is 1.88. The number of rotatable bonds is 2. The highest BCUT2D eigenvalue weighted by molar-refractivity contribution is 5.76. The molecule has 0 aliphatic carbocycles. The monoisotopic (exact) mass is 268 g/mol. The van der Waals surface area contributed by atoms with Crippen molar-refractivity contribution in [1.82, 2.24) is 9.80 Å². The van der Waals surface area contributed by atoms with Gasteiger partial charge >= 0.3 is 12.0 Å². The molecule has 1 atom stereocenters. The van der Waals surface area contributed by atoms with Crippen molar-refractivity contribution in [3.05, 3.63) is 0 Å². The minimum absolute atomic E-state index is 0.0911. The number of carbonyl (C=O) groups excluding carboxylic acids is 1. The largest absolute Gasteiger partial charge is 0.481 e. The molecule has 0 bridgehead atoms. The maximum absolute atomic E-state index is 12.2. The van der Waals surface area contributed by atoms with E-state index in [1.54, 1.807) is 4.90 Å². The lowest BCUT2D eigenvalue weighted by Crippen LogP contribution is -2.55. The van der Waals surface area contributed by atoms with Gasteiger partial charge in [-0.15, -0.1) is 0 Å². The van der Waals surface area contributed by atoms with E-state index in [0.717, 1.165) is 19.5 Å². The van der Waals surface area contributed by atoms with Crippen molar-refractivity contribution < 1.29 is 14.7 Å². The van der Waals surface area contributed by atoms with Crippen molar-refractivity contribution in [1.29, 1.82) is 0 Å². The van der Waals surface area contributed by atoms with Gasteiger partial charge in [-0.25, -0.2) is 4.79 Å². The Morgan fingerprint density at radius 2 is 1.79 bits per heavy atom. The van der Waals surface area contributed by atoms with Crippen LogP contribution in [0.15, 0.2) is 0 Å². The molecule has 19 heavy (non-hydrogen) atoms. The van der Waals surface area contributed by atoms with Gasteiger partial charge in [0, 0.05) is 32.1 Å². The van der Waals surface area contributed by atoms with Crippen molar-refractivity contribution in [2.75, 3.05) is 26.2 Å². The molecule has 2 rings (SSSR count). The van der Waals surface area contributed by atoms with Crippen LogP contribution in [-0.2, 0) is 4.79 Å². The quantitative estimate of drug-likeness (QED) is 0.832. The number of amides is 2. The topological polar surface area (TPSA) is 60.9 Å². The second-order valence-electron chi connectivity index (χ2n) is 6.95. The first-order valence-corrected chi connectivity index (χ1v) is 7.03. The van der Waals surface area contributed by atoms with Gasteiger partial charge in [0.1, 0.15) is 0 Å². The number of hydrogen-bond donors (Lipinski definition) is 1. The maximum atomic E-state index is 12.2. The van der Waals surface area contributed by atoms with Crippen LogP contribution in [0.25, 0.3) is 0 Å². The molecule has 0 aromatic carbocycles. The summed E-state index contributed by atoms with van der Waals surface area (Å²) in [6, 6.07) is 0.0911. The van der Waals surface area contributed by atoms with Gasteiger partial charge in [0.2, 0.25) is 0 Å². The van der Waals surface area contributed by atoms with Gasteiger partial charge in [-0.05, 0) is 17.8 Å². The van der Waals surface area contributed by atoms with Gasteiger partial charge in [-0.1, -0.05) is 20.8 Å². The Hall–Kier alpha value is -1.26. The highest BCUT2D eigenvalue weighted by Crippen LogP contribution is 2.34. The number of nitrogens with zero attached hydrogens (tertiary/aromatic N) is 2. The molecule has 2 heterocycles. The van der Waals surface area contributed by atoms with Crippen LogP contribution >= 0.6 is 0 Å². The summed E-state index contributed by atoms with van der Waals surface area (Å²) >= 11 is 0. The first kappa shape index (κ1) is 14.2. The summed E-state index contributed by atoms with van der Waals surface area (Å²) in [5.41, 5.74) is 0.246. The Balaban J connectivity index is 1.79. The molecule has 2 aliphatic heterocycles. The van der Waals surface area contributed by atoms with Crippen LogP contribution in [0, 0.1) is 17.3 Å². The number of carbonyl (C=O) groups is 2. The van der Waals surface area contributed by atoms with E-state index in [-0.39, 0.29) is 23.8 Å². The van der Waals surface area contributed by atoms with Crippen LogP contribution in [0.2, 0.25) is 0 Å². The molecule has 1 N–H and O–H groups in total. The van der Waals surface area contributed by atoms with E-state index in [2.05, 4.69) is 20.8 Å². The third kappa shape index (κ3) is 3.19. The fourth-order valence-corrected chi connectivity index (χ4v) is 2.94. The Morgan fingerprint density at radius 1 is 1.16 bits per heavy atom. The zero-order valence-electron chi connectivity index (χ0n) is 12.1. The van der Waals surface area contributed by atoms with Crippen LogP contribution in [-0.4, -0.2) is 53.1 Å². The van der Waals surface area contributed by atoms with Crippen LogP contribution in [0.3, 0.4) is 0 Å². The molecule has 0 aromatic rings. The van der Waals surface area contributed by atoms with Crippen LogP contribution < -0.4 is 0 Å². The van der Waals surface area contributed by atoms with Crippen molar-refractivity contribution in [2.24, 2.45) is 17.3 Å². The minimum Gasteiger partial charge on any atom is -0.481 e. The van der Waals surface area contributed by atoms with E-state index >= 15 is 0 Å². The van der Waals surface area contributed by atoms with Gasteiger partial charge in [0.15, 0.2) is 0 Å². The summed E-state index contributed by atoms with van der Waals surface area (Å²) < 4.78 is 0. The minimum atomic E-state index is -0.772. The van der Waals surface area contributed by atoms with Crippen molar-refractivity contribution >= 4 is 12.0 Å². The lowest BCUT2D eigenvalue weighted by atomic mass is 9.80. The summed E-state index contributed by atoms with van der Waals surface area (Å²) in [5.74, 6) is -0.0684. The summed E-state index contributed by atoms with van der Waals surface area (Å²) in [6.07, 6.45) is 1.25. The Labute approximate surface area is 114 Å². The fraction of sp³-hybridized carbons (Fsp3) is 0.857. The lowest BCUT2D eigenvalue weighted by molar-refractivity contribution is -0.139. The van der Waals surface area contributed by atoms with Crippen LogP contribution in [0.5, 0.6) is 0 Å².